The van der Waals surface area contributed by atoms with E-state index in [-0.39, 0.29) is 21.7 Å². The minimum Gasteiger partial charge on any atom is -0.273 e. The van der Waals surface area contributed by atoms with Gasteiger partial charge in [0.1, 0.15) is 11.6 Å². The van der Waals surface area contributed by atoms with Crippen molar-refractivity contribution in [3.05, 3.63) is 70.4 Å². The zero-order valence-corrected chi connectivity index (χ0v) is 16.4. The van der Waals surface area contributed by atoms with E-state index in [1.165, 1.54) is 48.5 Å². The lowest BCUT2D eigenvalue weighted by Crippen LogP contribution is -2.12. The lowest BCUT2D eigenvalue weighted by Gasteiger charge is -2.14. The van der Waals surface area contributed by atoms with Gasteiger partial charge in [-0.05, 0) is 29.8 Å². The summed E-state index contributed by atoms with van der Waals surface area (Å²) in [5.41, 5.74) is -0.999. The highest BCUT2D eigenvalue weighted by molar-refractivity contribution is 7.90. The fourth-order valence-corrected chi connectivity index (χ4v) is 3.65. The van der Waals surface area contributed by atoms with Crippen molar-refractivity contribution in [2.75, 3.05) is 6.26 Å². The molecule has 1 heterocycles. The fraction of sp³-hybridized carbons (Fsp3) is 0.158. The van der Waals surface area contributed by atoms with E-state index < -0.39 is 27.6 Å². The summed E-state index contributed by atoms with van der Waals surface area (Å²) in [6.07, 6.45) is -3.75. The molecular formula is C19H13ClF3N3O2S. The number of nitrogens with one attached hydrogen (secondary N) is 1. The third-order valence-corrected chi connectivity index (χ3v) is 5.64. The van der Waals surface area contributed by atoms with Crippen molar-refractivity contribution >= 4 is 21.4 Å². The normalized spacial score (nSPS) is 13.1. The van der Waals surface area contributed by atoms with Crippen LogP contribution in [0.1, 0.15) is 22.7 Å². The number of benzene rings is 2. The van der Waals surface area contributed by atoms with Crippen molar-refractivity contribution < 1.29 is 21.6 Å². The highest BCUT2D eigenvalue weighted by Gasteiger charge is 2.40. The van der Waals surface area contributed by atoms with Crippen LogP contribution in [-0.4, -0.2) is 24.9 Å². The van der Waals surface area contributed by atoms with Crippen molar-refractivity contribution in [3.63, 3.8) is 0 Å². The van der Waals surface area contributed by atoms with Gasteiger partial charge >= 0.3 is 6.18 Å². The summed E-state index contributed by atoms with van der Waals surface area (Å²) >= 11 is 5.84. The van der Waals surface area contributed by atoms with E-state index >= 15 is 0 Å². The molecule has 1 unspecified atom stereocenters. The molecule has 1 aromatic heterocycles. The van der Waals surface area contributed by atoms with Crippen LogP contribution in [0.15, 0.2) is 53.4 Å². The van der Waals surface area contributed by atoms with Crippen LogP contribution in [0.5, 0.6) is 0 Å². The monoisotopic (exact) mass is 439 g/mol. The maximum atomic E-state index is 13.6. The number of rotatable bonds is 4. The Morgan fingerprint density at radius 1 is 1.10 bits per heavy atom. The van der Waals surface area contributed by atoms with E-state index in [9.17, 15) is 26.9 Å². The van der Waals surface area contributed by atoms with Crippen LogP contribution in [0.25, 0.3) is 11.3 Å². The van der Waals surface area contributed by atoms with Gasteiger partial charge in [0.05, 0.1) is 16.7 Å². The first kappa shape index (κ1) is 20.9. The summed E-state index contributed by atoms with van der Waals surface area (Å²) in [6, 6.07) is 13.1. The maximum Gasteiger partial charge on any atom is 0.433 e. The molecule has 0 saturated carbocycles. The number of nitrogens with zero attached hydrogens (tertiary/aromatic N) is 2. The zero-order valence-electron chi connectivity index (χ0n) is 14.8. The topological polar surface area (TPSA) is 86.6 Å². The Morgan fingerprint density at radius 2 is 1.69 bits per heavy atom. The summed E-state index contributed by atoms with van der Waals surface area (Å²) in [6.45, 7) is 0. The number of hydrogen-bond acceptors (Lipinski definition) is 4. The molecular weight excluding hydrogens is 427 g/mol. The van der Waals surface area contributed by atoms with Crippen LogP contribution in [0.3, 0.4) is 0 Å². The summed E-state index contributed by atoms with van der Waals surface area (Å²) in [5, 5.41) is 15.8. The second kappa shape index (κ2) is 7.54. The molecule has 150 valence electrons. The van der Waals surface area contributed by atoms with Gasteiger partial charge in [-0.2, -0.15) is 23.5 Å². The molecule has 5 nitrogen and oxygen atoms in total. The van der Waals surface area contributed by atoms with Gasteiger partial charge in [0.25, 0.3) is 0 Å². The third-order valence-electron chi connectivity index (χ3n) is 4.26. The van der Waals surface area contributed by atoms with Gasteiger partial charge in [-0.25, -0.2) is 8.42 Å². The first-order valence-corrected chi connectivity index (χ1v) is 10.4. The maximum absolute atomic E-state index is 13.6. The van der Waals surface area contributed by atoms with Gasteiger partial charge in [-0.3, -0.25) is 5.10 Å². The molecule has 1 atom stereocenters. The smallest absolute Gasteiger partial charge is 0.273 e. The fourth-order valence-electron chi connectivity index (χ4n) is 2.89. The van der Waals surface area contributed by atoms with Crippen molar-refractivity contribution in [2.45, 2.75) is 17.0 Å². The number of aromatic nitrogens is 2. The summed E-state index contributed by atoms with van der Waals surface area (Å²) in [7, 11) is -3.47. The zero-order chi connectivity index (χ0) is 21.4. The Hall–Kier alpha value is -2.83. The molecule has 29 heavy (non-hydrogen) atoms. The van der Waals surface area contributed by atoms with Crippen molar-refractivity contribution in [1.82, 2.24) is 10.2 Å². The lowest BCUT2D eigenvalue weighted by molar-refractivity contribution is -0.141. The molecule has 0 aliphatic heterocycles. The molecule has 0 aliphatic rings. The first-order chi connectivity index (χ1) is 13.5. The number of hydrogen-bond donors (Lipinski definition) is 1. The van der Waals surface area contributed by atoms with Gasteiger partial charge in [-0.1, -0.05) is 35.9 Å². The molecule has 1 N–H and O–H groups in total. The molecule has 3 rings (SSSR count). The number of H-pyrrole nitrogens is 1. The first-order valence-electron chi connectivity index (χ1n) is 8.13. The Balaban J connectivity index is 2.21. The number of sulfone groups is 1. The van der Waals surface area contributed by atoms with Crippen LogP contribution in [0, 0.1) is 11.3 Å². The quantitative estimate of drug-likeness (QED) is 0.632. The SMILES string of the molecule is CS(=O)(=O)c1ccc(-c2n[nH]c(C(F)(F)F)c2C(C#N)c2ccc(Cl)cc2)cc1. The van der Waals surface area contributed by atoms with E-state index in [0.29, 0.717) is 10.6 Å². The number of aromatic amines is 1. The van der Waals surface area contributed by atoms with Gasteiger partial charge in [0.15, 0.2) is 9.84 Å². The van der Waals surface area contributed by atoms with Crippen LogP contribution >= 0.6 is 11.6 Å². The van der Waals surface area contributed by atoms with Crippen molar-refractivity contribution in [3.8, 4) is 17.3 Å². The molecule has 0 saturated heterocycles. The van der Waals surface area contributed by atoms with Gasteiger partial charge in [0, 0.05) is 22.4 Å². The second-order valence-electron chi connectivity index (χ2n) is 6.27. The predicted molar refractivity (Wildman–Crippen MR) is 101 cm³/mol. The molecule has 0 fully saturated rings. The minimum atomic E-state index is -4.77. The van der Waals surface area contributed by atoms with Crippen LogP contribution in [-0.2, 0) is 16.0 Å². The molecule has 0 aliphatic carbocycles. The second-order valence-corrected chi connectivity index (χ2v) is 8.72. The number of halogens is 4. The van der Waals surface area contributed by atoms with Crippen molar-refractivity contribution in [1.29, 1.82) is 5.26 Å². The van der Waals surface area contributed by atoms with Crippen LogP contribution in [0.4, 0.5) is 13.2 Å². The number of nitriles is 1. The van der Waals surface area contributed by atoms with Gasteiger partial charge in [-0.15, -0.1) is 0 Å². The van der Waals surface area contributed by atoms with E-state index in [1.807, 2.05) is 11.2 Å². The average Bonchev–Trinajstić information content (AvgIpc) is 3.08. The predicted octanol–water partition coefficient (Wildman–Crippen LogP) is 4.81. The Bertz CT molecular complexity index is 1180. The van der Waals surface area contributed by atoms with Crippen LogP contribution < -0.4 is 0 Å². The average molecular weight is 440 g/mol. The molecule has 10 heteroatoms. The molecule has 0 amide bonds. The van der Waals surface area contributed by atoms with Gasteiger partial charge < -0.3 is 0 Å². The van der Waals surface area contributed by atoms with Crippen LogP contribution in [0.2, 0.25) is 5.02 Å². The summed E-state index contributed by atoms with van der Waals surface area (Å²) < 4.78 is 64.0. The standard InChI is InChI=1S/C19H13ClF3N3O2S/c1-29(27,28)14-8-4-12(5-9-14)17-16(18(26-25-17)19(21,22)23)15(10-24)11-2-6-13(20)7-3-11/h2-9,15H,1H3,(H,25,26). The van der Waals surface area contributed by atoms with E-state index in [0.717, 1.165) is 6.26 Å². The molecule has 0 bridgehead atoms. The molecule has 0 radical (unpaired) electrons. The highest BCUT2D eigenvalue weighted by Crippen LogP contribution is 2.41. The van der Waals surface area contributed by atoms with Crippen molar-refractivity contribution in [2.24, 2.45) is 0 Å². The molecule has 2 aromatic carbocycles. The summed E-state index contributed by atoms with van der Waals surface area (Å²) in [5.74, 6) is -1.27. The lowest BCUT2D eigenvalue weighted by atomic mass is 9.89. The largest absolute Gasteiger partial charge is 0.433 e. The minimum absolute atomic E-state index is 0.0175. The molecule has 0 spiro atoms. The van der Waals surface area contributed by atoms with E-state index in [4.69, 9.17) is 11.6 Å². The van der Waals surface area contributed by atoms with Gasteiger partial charge in [0.2, 0.25) is 0 Å². The third kappa shape index (κ3) is 4.28. The number of alkyl halides is 3. The molecule has 3 aromatic rings. The highest BCUT2D eigenvalue weighted by atomic mass is 35.5. The van der Waals surface area contributed by atoms with E-state index in [1.54, 1.807) is 0 Å². The van der Waals surface area contributed by atoms with E-state index in [2.05, 4.69) is 5.10 Å². The summed E-state index contributed by atoms with van der Waals surface area (Å²) in [4.78, 5) is 0.0175. The Labute approximate surface area is 169 Å². The Kier molecular flexibility index (Phi) is 5.43. The Morgan fingerprint density at radius 3 is 2.17 bits per heavy atom.